The first-order valence-electron chi connectivity index (χ1n) is 12.3. The molecule has 8 nitrogen and oxygen atoms in total. The molecule has 34 heavy (non-hydrogen) atoms. The van der Waals surface area contributed by atoms with Crippen molar-refractivity contribution in [2.45, 2.75) is 20.1 Å². The van der Waals surface area contributed by atoms with Crippen LogP contribution in [0.15, 0.2) is 42.7 Å². The summed E-state index contributed by atoms with van der Waals surface area (Å²) in [4.78, 5) is 16.8. The van der Waals surface area contributed by atoms with Crippen LogP contribution in [0.4, 0.5) is 5.82 Å². The predicted octanol–water partition coefficient (Wildman–Crippen LogP) is 2.80. The van der Waals surface area contributed by atoms with E-state index in [1.807, 2.05) is 6.20 Å². The van der Waals surface area contributed by atoms with Crippen LogP contribution >= 0.6 is 0 Å². The second-order valence-electron chi connectivity index (χ2n) is 9.20. The molecule has 0 atom stereocenters. The van der Waals surface area contributed by atoms with E-state index in [1.54, 1.807) is 0 Å². The van der Waals surface area contributed by atoms with Crippen molar-refractivity contribution in [1.82, 2.24) is 24.3 Å². The highest BCUT2D eigenvalue weighted by atomic mass is 16.5. The van der Waals surface area contributed by atoms with Crippen LogP contribution in [-0.2, 0) is 17.9 Å². The maximum Gasteiger partial charge on any atom is 0.151 e. The summed E-state index contributed by atoms with van der Waals surface area (Å²) < 4.78 is 13.7. The number of morpholine rings is 1. The molecular weight excluding hydrogens is 428 g/mol. The first-order chi connectivity index (χ1) is 16.8. The molecule has 2 aromatic heterocycles. The number of aromatic nitrogens is 3. The molecule has 0 N–H and O–H groups in total. The van der Waals surface area contributed by atoms with Gasteiger partial charge >= 0.3 is 0 Å². The van der Waals surface area contributed by atoms with Crippen molar-refractivity contribution >= 4 is 5.82 Å². The van der Waals surface area contributed by atoms with Crippen molar-refractivity contribution in [2.24, 2.45) is 0 Å². The Balaban J connectivity index is 1.18. The van der Waals surface area contributed by atoms with Gasteiger partial charge in [0.05, 0.1) is 24.6 Å². The van der Waals surface area contributed by atoms with Crippen LogP contribution in [0.25, 0.3) is 16.8 Å². The molecule has 3 aromatic rings. The summed E-state index contributed by atoms with van der Waals surface area (Å²) in [5.41, 5.74) is 4.35. The van der Waals surface area contributed by atoms with Gasteiger partial charge in [0.1, 0.15) is 18.2 Å². The van der Waals surface area contributed by atoms with Crippen LogP contribution in [0.5, 0.6) is 5.75 Å². The van der Waals surface area contributed by atoms with E-state index >= 15 is 0 Å². The van der Waals surface area contributed by atoms with Gasteiger partial charge in [-0.25, -0.2) is 9.97 Å². The molecule has 0 spiro atoms. The minimum absolute atomic E-state index is 0.487. The summed E-state index contributed by atoms with van der Waals surface area (Å²) in [5.74, 6) is 2.90. The third kappa shape index (κ3) is 4.29. The SMILES string of the molecule is CCN1CCN(c2ccc(-c3ccc4c(c3)OCc3nc(CN5CCOCC5)cn3-4)cn2)CC1. The number of piperazine rings is 1. The number of benzene rings is 1. The Morgan fingerprint density at radius 2 is 1.74 bits per heavy atom. The molecular formula is C26H32N6O2. The number of hydrogen-bond acceptors (Lipinski definition) is 7. The molecule has 0 amide bonds. The van der Waals surface area contributed by atoms with Gasteiger partial charge in [0.2, 0.25) is 0 Å². The van der Waals surface area contributed by atoms with Gasteiger partial charge in [-0.3, -0.25) is 9.47 Å². The lowest BCUT2D eigenvalue weighted by molar-refractivity contribution is 0.0337. The summed E-state index contributed by atoms with van der Waals surface area (Å²) in [7, 11) is 0. The molecule has 6 rings (SSSR count). The predicted molar refractivity (Wildman–Crippen MR) is 132 cm³/mol. The smallest absolute Gasteiger partial charge is 0.151 e. The normalized spacial score (nSPS) is 18.9. The Morgan fingerprint density at radius 1 is 0.912 bits per heavy atom. The second kappa shape index (κ2) is 9.37. The number of fused-ring (bicyclic) bond motifs is 3. The molecule has 8 heteroatoms. The number of ether oxygens (including phenoxy) is 2. The highest BCUT2D eigenvalue weighted by molar-refractivity contribution is 5.69. The highest BCUT2D eigenvalue weighted by Gasteiger charge is 2.22. The second-order valence-corrected chi connectivity index (χ2v) is 9.20. The van der Waals surface area contributed by atoms with Gasteiger partial charge in [-0.15, -0.1) is 0 Å². The Bertz CT molecular complexity index is 1130. The largest absolute Gasteiger partial charge is 0.483 e. The monoisotopic (exact) mass is 460 g/mol. The Labute approximate surface area is 200 Å². The molecule has 0 unspecified atom stereocenters. The third-order valence-corrected chi connectivity index (χ3v) is 7.12. The average molecular weight is 461 g/mol. The van der Waals surface area contributed by atoms with E-state index in [9.17, 15) is 0 Å². The van der Waals surface area contributed by atoms with Crippen LogP contribution in [-0.4, -0.2) is 83.4 Å². The van der Waals surface area contributed by atoms with E-state index in [0.29, 0.717) is 6.61 Å². The van der Waals surface area contributed by atoms with E-state index < -0.39 is 0 Å². The average Bonchev–Trinajstić information content (AvgIpc) is 3.32. The van der Waals surface area contributed by atoms with Crippen LogP contribution in [0, 0.1) is 0 Å². The molecule has 178 valence electrons. The van der Waals surface area contributed by atoms with Crippen molar-refractivity contribution in [3.05, 3.63) is 54.2 Å². The molecule has 2 saturated heterocycles. The van der Waals surface area contributed by atoms with Crippen LogP contribution in [0.1, 0.15) is 18.4 Å². The number of rotatable bonds is 5. The molecule has 0 saturated carbocycles. The highest BCUT2D eigenvalue weighted by Crippen LogP contribution is 2.34. The zero-order valence-electron chi connectivity index (χ0n) is 19.8. The fraction of sp³-hybridized carbons (Fsp3) is 0.462. The molecule has 0 aliphatic carbocycles. The number of hydrogen-bond donors (Lipinski definition) is 0. The molecule has 3 aliphatic heterocycles. The number of nitrogens with zero attached hydrogens (tertiary/aromatic N) is 6. The summed E-state index contributed by atoms with van der Waals surface area (Å²) in [6.07, 6.45) is 4.13. The van der Waals surface area contributed by atoms with E-state index in [1.165, 1.54) is 0 Å². The molecule has 2 fully saturated rings. The van der Waals surface area contributed by atoms with Crippen LogP contribution in [0.2, 0.25) is 0 Å². The maximum absolute atomic E-state index is 6.10. The zero-order valence-corrected chi connectivity index (χ0v) is 19.8. The van der Waals surface area contributed by atoms with Gasteiger partial charge in [-0.05, 0) is 36.4 Å². The first-order valence-corrected chi connectivity index (χ1v) is 12.3. The summed E-state index contributed by atoms with van der Waals surface area (Å²) >= 11 is 0. The fourth-order valence-corrected chi connectivity index (χ4v) is 5.03. The minimum Gasteiger partial charge on any atom is -0.483 e. The van der Waals surface area contributed by atoms with Gasteiger partial charge < -0.3 is 19.3 Å². The fourth-order valence-electron chi connectivity index (χ4n) is 5.03. The Morgan fingerprint density at radius 3 is 2.50 bits per heavy atom. The first kappa shape index (κ1) is 21.6. The lowest BCUT2D eigenvalue weighted by atomic mass is 10.1. The lowest BCUT2D eigenvalue weighted by Gasteiger charge is -2.34. The lowest BCUT2D eigenvalue weighted by Crippen LogP contribution is -2.46. The van der Waals surface area contributed by atoms with E-state index in [0.717, 1.165) is 105 Å². The van der Waals surface area contributed by atoms with Gasteiger partial charge in [0, 0.05) is 63.8 Å². The zero-order chi connectivity index (χ0) is 22.9. The van der Waals surface area contributed by atoms with Crippen molar-refractivity contribution in [1.29, 1.82) is 0 Å². The van der Waals surface area contributed by atoms with Crippen molar-refractivity contribution in [3.63, 3.8) is 0 Å². The van der Waals surface area contributed by atoms with Gasteiger partial charge in [-0.2, -0.15) is 0 Å². The number of pyridine rings is 1. The summed E-state index contributed by atoms with van der Waals surface area (Å²) in [5, 5.41) is 0. The molecule has 0 bridgehead atoms. The van der Waals surface area contributed by atoms with Gasteiger partial charge in [-0.1, -0.05) is 13.0 Å². The standard InChI is InChI=1S/C26H32N6O2/c1-2-29-7-9-31(10-8-29)25-6-4-21(16-27-25)20-3-5-23-24(15-20)34-19-26-28-22(18-32(23)26)17-30-11-13-33-14-12-30/h3-6,15-16,18H,2,7-14,17,19H2,1H3. The number of anilines is 1. The Kier molecular flexibility index (Phi) is 5.95. The van der Waals surface area contributed by atoms with Gasteiger partial charge in [0.15, 0.2) is 5.82 Å². The van der Waals surface area contributed by atoms with E-state index in [4.69, 9.17) is 19.4 Å². The summed E-state index contributed by atoms with van der Waals surface area (Å²) in [6, 6.07) is 10.7. The van der Waals surface area contributed by atoms with E-state index in [2.05, 4.69) is 62.7 Å². The number of likely N-dealkylation sites (N-methyl/N-ethyl adjacent to an activating group) is 1. The molecule has 5 heterocycles. The molecule has 0 radical (unpaired) electrons. The minimum atomic E-state index is 0.487. The molecule has 1 aromatic carbocycles. The number of imidazole rings is 1. The quantitative estimate of drug-likeness (QED) is 0.580. The van der Waals surface area contributed by atoms with E-state index in [-0.39, 0.29) is 0 Å². The third-order valence-electron chi connectivity index (χ3n) is 7.12. The Hall–Kier alpha value is -2.94. The van der Waals surface area contributed by atoms with Crippen LogP contribution < -0.4 is 9.64 Å². The summed E-state index contributed by atoms with van der Waals surface area (Å²) in [6.45, 7) is 12.5. The van der Waals surface area contributed by atoms with Gasteiger partial charge in [0.25, 0.3) is 0 Å². The van der Waals surface area contributed by atoms with Crippen molar-refractivity contribution < 1.29 is 9.47 Å². The van der Waals surface area contributed by atoms with Crippen molar-refractivity contribution in [2.75, 3.05) is 63.9 Å². The maximum atomic E-state index is 6.10. The topological polar surface area (TPSA) is 58.9 Å². The van der Waals surface area contributed by atoms with Crippen molar-refractivity contribution in [3.8, 4) is 22.6 Å². The van der Waals surface area contributed by atoms with Crippen LogP contribution in [0.3, 0.4) is 0 Å². The molecule has 3 aliphatic rings.